The molecular weight excluding hydrogens is 397 g/mol. The molecule has 0 saturated carbocycles. The minimum atomic E-state index is -3.65. The molecule has 0 radical (unpaired) electrons. The predicted octanol–water partition coefficient (Wildman–Crippen LogP) is 2.10. The van der Waals surface area contributed by atoms with Crippen molar-refractivity contribution in [3.63, 3.8) is 0 Å². The van der Waals surface area contributed by atoms with Gasteiger partial charge in [0.15, 0.2) is 0 Å². The molecule has 1 fully saturated rings. The molecule has 1 N–H and O–H groups in total. The largest absolute Gasteiger partial charge is 0.379 e. The average molecular weight is 419 g/mol. The van der Waals surface area contributed by atoms with Crippen LogP contribution in [0.2, 0.25) is 0 Å². The number of hydrogen-bond donors (Lipinski definition) is 1. The summed E-state index contributed by atoms with van der Waals surface area (Å²) in [6.07, 6.45) is 3.96. The Morgan fingerprint density at radius 2 is 1.83 bits per heavy atom. The Morgan fingerprint density at radius 3 is 2.48 bits per heavy atom. The number of halogens is 1. The number of nitrogens with zero attached hydrogens (tertiary/aromatic N) is 2. The van der Waals surface area contributed by atoms with E-state index in [2.05, 4.69) is 4.98 Å². The Kier molecular flexibility index (Phi) is 5.53. The lowest BCUT2D eigenvalue weighted by Crippen LogP contribution is -2.40. The van der Waals surface area contributed by atoms with Crippen molar-refractivity contribution in [2.45, 2.75) is 11.3 Å². The molecule has 29 heavy (non-hydrogen) atoms. The second-order valence-electron chi connectivity index (χ2n) is 7.00. The van der Waals surface area contributed by atoms with Crippen LogP contribution in [0.1, 0.15) is 22.5 Å². The number of sulfonamides is 1. The van der Waals surface area contributed by atoms with Crippen LogP contribution in [0.15, 0.2) is 47.5 Å². The third-order valence-corrected chi connectivity index (χ3v) is 7.08. The van der Waals surface area contributed by atoms with Crippen LogP contribution in [0, 0.1) is 5.82 Å². The minimum absolute atomic E-state index is 0.0855. The summed E-state index contributed by atoms with van der Waals surface area (Å²) >= 11 is 0. The molecule has 0 spiro atoms. The first-order chi connectivity index (χ1) is 13.9. The van der Waals surface area contributed by atoms with Crippen molar-refractivity contribution in [1.82, 2.24) is 14.2 Å². The van der Waals surface area contributed by atoms with Gasteiger partial charge < -0.3 is 14.6 Å². The van der Waals surface area contributed by atoms with Crippen LogP contribution >= 0.6 is 0 Å². The molecule has 154 valence electrons. The van der Waals surface area contributed by atoms with Crippen molar-refractivity contribution in [2.24, 2.45) is 0 Å². The number of morpholine rings is 1. The van der Waals surface area contributed by atoms with E-state index in [0.717, 1.165) is 11.1 Å². The smallest absolute Gasteiger partial charge is 0.270 e. The molecule has 2 aliphatic heterocycles. The molecule has 0 atom stereocenters. The highest BCUT2D eigenvalue weighted by molar-refractivity contribution is 7.89. The number of benzene rings is 1. The van der Waals surface area contributed by atoms with Gasteiger partial charge in [-0.15, -0.1) is 0 Å². The number of aromatic amines is 1. The van der Waals surface area contributed by atoms with Gasteiger partial charge in [0.2, 0.25) is 10.0 Å². The molecule has 7 nitrogen and oxygen atoms in total. The molecule has 9 heteroatoms. The van der Waals surface area contributed by atoms with Gasteiger partial charge in [-0.05, 0) is 35.8 Å². The van der Waals surface area contributed by atoms with E-state index in [1.54, 1.807) is 17.0 Å². The van der Waals surface area contributed by atoms with E-state index in [1.807, 2.05) is 6.08 Å². The number of nitrogens with one attached hydrogen (secondary N) is 1. The summed E-state index contributed by atoms with van der Waals surface area (Å²) in [4.78, 5) is 17.3. The van der Waals surface area contributed by atoms with Crippen LogP contribution in [0.4, 0.5) is 4.39 Å². The Bertz CT molecular complexity index is 1020. The number of hydrogen-bond acceptors (Lipinski definition) is 4. The number of H-pyrrole nitrogens is 1. The van der Waals surface area contributed by atoms with E-state index in [9.17, 15) is 17.6 Å². The van der Waals surface area contributed by atoms with Gasteiger partial charge in [0.1, 0.15) is 16.4 Å². The van der Waals surface area contributed by atoms with E-state index in [0.29, 0.717) is 45.8 Å². The SMILES string of the molecule is O=C(c1cc(S(=O)(=O)N2CCOCC2)c[nH]1)N1CC=C(c2ccc(F)cc2)CC1. The molecule has 2 aromatic rings. The predicted molar refractivity (Wildman–Crippen MR) is 105 cm³/mol. The molecule has 1 aromatic heterocycles. The van der Waals surface area contributed by atoms with Crippen LogP contribution in [-0.2, 0) is 14.8 Å². The number of carbonyl (C=O) groups excluding carboxylic acids is 1. The number of amides is 1. The number of carbonyl (C=O) groups is 1. The first kappa shape index (κ1) is 19.8. The van der Waals surface area contributed by atoms with E-state index in [1.165, 1.54) is 28.7 Å². The van der Waals surface area contributed by atoms with Crippen molar-refractivity contribution >= 4 is 21.5 Å². The second-order valence-corrected chi connectivity index (χ2v) is 8.94. The molecule has 0 unspecified atom stereocenters. The van der Waals surface area contributed by atoms with Crippen molar-refractivity contribution in [3.8, 4) is 0 Å². The van der Waals surface area contributed by atoms with Gasteiger partial charge >= 0.3 is 0 Å². The first-order valence-corrected chi connectivity index (χ1v) is 10.9. The van der Waals surface area contributed by atoms with Crippen molar-refractivity contribution in [3.05, 3.63) is 59.7 Å². The fraction of sp³-hybridized carbons (Fsp3) is 0.350. The summed E-state index contributed by atoms with van der Waals surface area (Å²) in [5, 5.41) is 0. The second kappa shape index (κ2) is 8.10. The summed E-state index contributed by atoms with van der Waals surface area (Å²) in [6, 6.07) is 7.69. The maximum absolute atomic E-state index is 13.1. The summed E-state index contributed by atoms with van der Waals surface area (Å²) in [5.74, 6) is -0.528. The molecule has 1 amide bonds. The average Bonchev–Trinajstić information content (AvgIpc) is 3.26. The number of ether oxygens (including phenoxy) is 1. The zero-order valence-electron chi connectivity index (χ0n) is 15.8. The Balaban J connectivity index is 1.45. The Morgan fingerprint density at radius 1 is 1.10 bits per heavy atom. The van der Waals surface area contributed by atoms with Gasteiger partial charge in [0.25, 0.3) is 5.91 Å². The van der Waals surface area contributed by atoms with Crippen LogP contribution in [0.5, 0.6) is 0 Å². The Labute approximate surface area is 168 Å². The van der Waals surface area contributed by atoms with Gasteiger partial charge in [-0.2, -0.15) is 4.31 Å². The van der Waals surface area contributed by atoms with Gasteiger partial charge in [0.05, 0.1) is 13.2 Å². The summed E-state index contributed by atoms with van der Waals surface area (Å²) < 4.78 is 45.1. The fourth-order valence-corrected chi connectivity index (χ4v) is 4.94. The number of aromatic nitrogens is 1. The first-order valence-electron chi connectivity index (χ1n) is 9.46. The normalized spacial score (nSPS) is 18.5. The Hall–Kier alpha value is -2.49. The van der Waals surface area contributed by atoms with Gasteiger partial charge in [-0.1, -0.05) is 18.2 Å². The highest BCUT2D eigenvalue weighted by Crippen LogP contribution is 2.24. The van der Waals surface area contributed by atoms with Gasteiger partial charge in [-0.3, -0.25) is 4.79 Å². The monoisotopic (exact) mass is 419 g/mol. The van der Waals surface area contributed by atoms with Gasteiger partial charge in [-0.25, -0.2) is 12.8 Å². The zero-order chi connectivity index (χ0) is 20.4. The third-order valence-electron chi connectivity index (χ3n) is 5.21. The van der Waals surface area contributed by atoms with E-state index in [4.69, 9.17) is 4.74 Å². The summed E-state index contributed by atoms with van der Waals surface area (Å²) in [7, 11) is -3.65. The van der Waals surface area contributed by atoms with E-state index >= 15 is 0 Å². The van der Waals surface area contributed by atoms with Crippen molar-refractivity contribution < 1.29 is 22.3 Å². The van der Waals surface area contributed by atoms with E-state index < -0.39 is 10.0 Å². The lowest BCUT2D eigenvalue weighted by molar-refractivity contribution is 0.0730. The van der Waals surface area contributed by atoms with Crippen LogP contribution in [0.3, 0.4) is 0 Å². The summed E-state index contributed by atoms with van der Waals surface area (Å²) in [5.41, 5.74) is 2.25. The maximum Gasteiger partial charge on any atom is 0.270 e. The molecule has 0 aliphatic carbocycles. The minimum Gasteiger partial charge on any atom is -0.379 e. The van der Waals surface area contributed by atoms with Crippen LogP contribution in [-0.4, -0.2) is 67.9 Å². The summed E-state index contributed by atoms with van der Waals surface area (Å²) in [6.45, 7) is 2.26. The molecular formula is C20H22FN3O4S. The zero-order valence-corrected chi connectivity index (χ0v) is 16.6. The molecule has 2 aliphatic rings. The van der Waals surface area contributed by atoms with Crippen LogP contribution in [0.25, 0.3) is 5.57 Å². The van der Waals surface area contributed by atoms with Crippen molar-refractivity contribution in [1.29, 1.82) is 0 Å². The lowest BCUT2D eigenvalue weighted by Gasteiger charge is -2.26. The topological polar surface area (TPSA) is 82.7 Å². The third kappa shape index (κ3) is 4.12. The van der Waals surface area contributed by atoms with E-state index in [-0.39, 0.29) is 22.3 Å². The maximum atomic E-state index is 13.1. The highest BCUT2D eigenvalue weighted by atomic mass is 32.2. The van der Waals surface area contributed by atoms with Crippen LogP contribution < -0.4 is 0 Å². The van der Waals surface area contributed by atoms with Crippen molar-refractivity contribution in [2.75, 3.05) is 39.4 Å². The molecule has 4 rings (SSSR count). The highest BCUT2D eigenvalue weighted by Gasteiger charge is 2.29. The lowest BCUT2D eigenvalue weighted by atomic mass is 9.99. The molecule has 3 heterocycles. The standard InChI is InChI=1S/C20H22FN3O4S/c21-17-3-1-15(2-4-17)16-5-7-23(8-6-16)20(25)19-13-18(14-22-19)29(26,27)24-9-11-28-12-10-24/h1-5,13-14,22H,6-12H2. The quantitative estimate of drug-likeness (QED) is 0.823. The number of rotatable bonds is 4. The molecule has 1 aromatic carbocycles. The van der Waals surface area contributed by atoms with Gasteiger partial charge in [0, 0.05) is 32.4 Å². The fourth-order valence-electron chi connectivity index (χ4n) is 3.53. The molecule has 1 saturated heterocycles. The molecule has 0 bridgehead atoms.